The molecule has 0 unspecified atom stereocenters. The van der Waals surface area contributed by atoms with E-state index in [0.29, 0.717) is 12.8 Å². The second kappa shape index (κ2) is 8.89. The Kier molecular flexibility index (Phi) is 6.04. The molecule has 3 aromatic heterocycles. The van der Waals surface area contributed by atoms with E-state index >= 15 is 0 Å². The Labute approximate surface area is 185 Å². The summed E-state index contributed by atoms with van der Waals surface area (Å²) in [4.78, 5) is 18.4. The molecule has 3 heterocycles. The minimum atomic E-state index is 0.0184. The lowest BCUT2D eigenvalue weighted by molar-refractivity contribution is -0.121. The number of carbonyl (C=O) groups excluding carboxylic acids is 1. The van der Waals surface area contributed by atoms with Gasteiger partial charge in [-0.3, -0.25) is 4.79 Å². The van der Waals surface area contributed by atoms with E-state index in [2.05, 4.69) is 5.32 Å². The minimum Gasteiger partial charge on any atom is -0.496 e. The van der Waals surface area contributed by atoms with Crippen molar-refractivity contribution in [2.24, 2.45) is 0 Å². The molecule has 0 radical (unpaired) electrons. The van der Waals surface area contributed by atoms with Crippen molar-refractivity contribution >= 4 is 22.9 Å². The predicted molar refractivity (Wildman–Crippen MR) is 124 cm³/mol. The van der Waals surface area contributed by atoms with Gasteiger partial charge in [-0.15, -0.1) is 11.3 Å². The van der Waals surface area contributed by atoms with Gasteiger partial charge in [-0.05, 0) is 56.3 Å². The van der Waals surface area contributed by atoms with Crippen molar-refractivity contribution in [2.45, 2.75) is 39.7 Å². The zero-order valence-corrected chi connectivity index (χ0v) is 19.0. The molecule has 0 aliphatic carbocycles. The number of rotatable bonds is 7. The number of aryl methyl sites for hydroxylation is 2. The Morgan fingerprint density at radius 1 is 1.23 bits per heavy atom. The molecule has 0 fully saturated rings. The third-order valence-corrected chi connectivity index (χ3v) is 6.55. The number of para-hydroxylation sites is 1. The van der Waals surface area contributed by atoms with Crippen molar-refractivity contribution in [3.63, 3.8) is 0 Å². The van der Waals surface area contributed by atoms with Crippen LogP contribution in [0.3, 0.4) is 0 Å². The minimum absolute atomic E-state index is 0.0184. The number of fused-ring (bicyclic) bond motifs is 1. The van der Waals surface area contributed by atoms with Crippen molar-refractivity contribution in [1.29, 1.82) is 0 Å². The van der Waals surface area contributed by atoms with Gasteiger partial charge in [0.1, 0.15) is 5.75 Å². The standard InChI is InChI=1S/C24H26N4O2S/c1-15-18(11-12-24(29)26-16(2)22-10-7-13-31-22)17(3)28-23(25-15)14-20(27-28)19-8-5-6-9-21(19)30-4/h5-10,13-14,16H,11-12H2,1-4H3,(H,26,29)/t16-/m0/s1. The first-order valence-electron chi connectivity index (χ1n) is 10.3. The summed E-state index contributed by atoms with van der Waals surface area (Å²) in [6, 6.07) is 13.8. The summed E-state index contributed by atoms with van der Waals surface area (Å²) < 4.78 is 7.34. The third-order valence-electron chi connectivity index (χ3n) is 5.50. The van der Waals surface area contributed by atoms with Crippen molar-refractivity contribution in [3.05, 3.63) is 69.7 Å². The van der Waals surface area contributed by atoms with E-state index in [4.69, 9.17) is 14.8 Å². The lowest BCUT2D eigenvalue weighted by Gasteiger charge is -2.14. The predicted octanol–water partition coefficient (Wildman–Crippen LogP) is 4.89. The van der Waals surface area contributed by atoms with Crippen LogP contribution in [0.1, 0.15) is 41.2 Å². The molecule has 31 heavy (non-hydrogen) atoms. The summed E-state index contributed by atoms with van der Waals surface area (Å²) in [6.45, 7) is 6.03. The molecular weight excluding hydrogens is 408 g/mol. The highest BCUT2D eigenvalue weighted by Gasteiger charge is 2.17. The van der Waals surface area contributed by atoms with Gasteiger partial charge in [0.05, 0.1) is 18.8 Å². The summed E-state index contributed by atoms with van der Waals surface area (Å²) in [5, 5.41) is 9.88. The van der Waals surface area contributed by atoms with Crippen LogP contribution < -0.4 is 10.1 Å². The smallest absolute Gasteiger partial charge is 0.220 e. The van der Waals surface area contributed by atoms with E-state index in [9.17, 15) is 4.79 Å². The van der Waals surface area contributed by atoms with Crippen LogP contribution in [-0.4, -0.2) is 27.6 Å². The molecule has 7 heteroatoms. The average molecular weight is 435 g/mol. The van der Waals surface area contributed by atoms with E-state index < -0.39 is 0 Å². The van der Waals surface area contributed by atoms with Gasteiger partial charge in [0, 0.05) is 34.3 Å². The fourth-order valence-corrected chi connectivity index (χ4v) is 4.57. The Hall–Kier alpha value is -3.19. The largest absolute Gasteiger partial charge is 0.496 e. The van der Waals surface area contributed by atoms with Crippen LogP contribution in [0.2, 0.25) is 0 Å². The van der Waals surface area contributed by atoms with E-state index in [1.807, 2.05) is 73.1 Å². The highest BCUT2D eigenvalue weighted by Crippen LogP contribution is 2.30. The van der Waals surface area contributed by atoms with Crippen molar-refractivity contribution < 1.29 is 9.53 Å². The summed E-state index contributed by atoms with van der Waals surface area (Å²) in [5.74, 6) is 0.812. The SMILES string of the molecule is COc1ccccc1-c1cc2nc(C)c(CCC(=O)N[C@@H](C)c3cccs3)c(C)n2n1. The van der Waals surface area contributed by atoms with Crippen LogP contribution in [0.15, 0.2) is 47.8 Å². The normalized spacial score (nSPS) is 12.1. The van der Waals surface area contributed by atoms with Crippen molar-refractivity contribution in [2.75, 3.05) is 7.11 Å². The molecule has 0 saturated heterocycles. The summed E-state index contributed by atoms with van der Waals surface area (Å²) >= 11 is 1.65. The summed E-state index contributed by atoms with van der Waals surface area (Å²) in [5.41, 5.74) is 5.51. The number of ether oxygens (including phenoxy) is 1. The second-order valence-corrected chi connectivity index (χ2v) is 8.54. The number of amides is 1. The number of thiophene rings is 1. The lowest BCUT2D eigenvalue weighted by atomic mass is 10.1. The van der Waals surface area contributed by atoms with Crippen LogP contribution in [0.4, 0.5) is 0 Å². The average Bonchev–Trinajstić information content (AvgIpc) is 3.44. The third kappa shape index (κ3) is 4.32. The molecule has 6 nitrogen and oxygen atoms in total. The van der Waals surface area contributed by atoms with Crippen LogP contribution in [-0.2, 0) is 11.2 Å². The first kappa shape index (κ1) is 21.1. The Morgan fingerprint density at radius 2 is 2.03 bits per heavy atom. The molecule has 4 aromatic rings. The molecule has 1 aromatic carbocycles. The molecule has 1 atom stereocenters. The van der Waals surface area contributed by atoms with Gasteiger partial charge in [0.2, 0.25) is 5.91 Å². The van der Waals surface area contributed by atoms with Gasteiger partial charge >= 0.3 is 0 Å². The second-order valence-electron chi connectivity index (χ2n) is 7.57. The van der Waals surface area contributed by atoms with Gasteiger partial charge in [0.25, 0.3) is 0 Å². The molecule has 4 rings (SSSR count). The number of methoxy groups -OCH3 is 1. The van der Waals surface area contributed by atoms with Crippen LogP contribution in [0.5, 0.6) is 5.75 Å². The van der Waals surface area contributed by atoms with E-state index in [-0.39, 0.29) is 11.9 Å². The molecule has 0 aliphatic rings. The van der Waals surface area contributed by atoms with E-state index in [1.165, 1.54) is 0 Å². The number of hydrogen-bond donors (Lipinski definition) is 1. The van der Waals surface area contributed by atoms with Gasteiger partial charge in [0.15, 0.2) is 5.65 Å². The van der Waals surface area contributed by atoms with Crippen molar-refractivity contribution in [3.8, 4) is 17.0 Å². The van der Waals surface area contributed by atoms with Crippen LogP contribution >= 0.6 is 11.3 Å². The van der Waals surface area contributed by atoms with E-state index in [1.54, 1.807) is 18.4 Å². The number of nitrogens with one attached hydrogen (secondary N) is 1. The maximum atomic E-state index is 12.5. The zero-order chi connectivity index (χ0) is 22.0. The topological polar surface area (TPSA) is 68.5 Å². The van der Waals surface area contributed by atoms with Gasteiger partial charge in [-0.1, -0.05) is 18.2 Å². The Balaban J connectivity index is 1.55. The molecule has 1 amide bonds. The van der Waals surface area contributed by atoms with Gasteiger partial charge in [-0.25, -0.2) is 9.50 Å². The molecule has 1 N–H and O–H groups in total. The van der Waals surface area contributed by atoms with E-state index in [0.717, 1.165) is 44.5 Å². The van der Waals surface area contributed by atoms with Gasteiger partial charge < -0.3 is 10.1 Å². The number of hydrogen-bond acceptors (Lipinski definition) is 5. The maximum absolute atomic E-state index is 12.5. The number of nitrogens with zero attached hydrogens (tertiary/aromatic N) is 3. The van der Waals surface area contributed by atoms with Crippen LogP contribution in [0.25, 0.3) is 16.9 Å². The molecule has 0 aliphatic heterocycles. The molecule has 0 bridgehead atoms. The Morgan fingerprint density at radius 3 is 2.77 bits per heavy atom. The number of aromatic nitrogens is 3. The maximum Gasteiger partial charge on any atom is 0.220 e. The highest BCUT2D eigenvalue weighted by atomic mass is 32.1. The fraction of sp³-hybridized carbons (Fsp3) is 0.292. The quantitative estimate of drug-likeness (QED) is 0.449. The first-order valence-corrected chi connectivity index (χ1v) is 11.2. The first-order chi connectivity index (χ1) is 15.0. The van der Waals surface area contributed by atoms with Crippen molar-refractivity contribution in [1.82, 2.24) is 19.9 Å². The highest BCUT2D eigenvalue weighted by molar-refractivity contribution is 7.10. The zero-order valence-electron chi connectivity index (χ0n) is 18.2. The lowest BCUT2D eigenvalue weighted by Crippen LogP contribution is -2.26. The Bertz CT molecular complexity index is 1210. The molecular formula is C24H26N4O2S. The monoisotopic (exact) mass is 434 g/mol. The number of carbonyl (C=O) groups is 1. The fourth-order valence-electron chi connectivity index (χ4n) is 3.84. The molecule has 0 spiro atoms. The summed E-state index contributed by atoms with van der Waals surface area (Å²) in [7, 11) is 1.66. The number of benzene rings is 1. The molecule has 160 valence electrons. The van der Waals surface area contributed by atoms with Gasteiger partial charge in [-0.2, -0.15) is 5.10 Å². The summed E-state index contributed by atoms with van der Waals surface area (Å²) in [6.07, 6.45) is 1.03. The molecule has 0 saturated carbocycles. The van der Waals surface area contributed by atoms with Crippen LogP contribution in [0, 0.1) is 13.8 Å².